The van der Waals surface area contributed by atoms with Crippen LogP contribution in [0, 0.1) is 12.8 Å². The van der Waals surface area contributed by atoms with E-state index >= 15 is 0 Å². The molecule has 0 radical (unpaired) electrons. The normalized spacial score (nSPS) is 13.3. The first-order chi connectivity index (χ1) is 7.65. The zero-order chi connectivity index (χ0) is 12.0. The SMILES string of the molecule is CCC(CN)CCN(C)Cc1ccc(C)o1. The van der Waals surface area contributed by atoms with Crippen molar-refractivity contribution in [1.29, 1.82) is 0 Å². The minimum Gasteiger partial charge on any atom is -0.465 e. The molecule has 1 rings (SSSR count). The monoisotopic (exact) mass is 224 g/mol. The van der Waals surface area contributed by atoms with E-state index in [0.29, 0.717) is 5.92 Å². The smallest absolute Gasteiger partial charge is 0.118 e. The molecule has 1 unspecified atom stereocenters. The summed E-state index contributed by atoms with van der Waals surface area (Å²) in [5.41, 5.74) is 5.69. The number of hydrogen-bond donors (Lipinski definition) is 1. The number of rotatable bonds is 7. The Bertz CT molecular complexity index is 292. The van der Waals surface area contributed by atoms with Crippen molar-refractivity contribution < 1.29 is 4.42 Å². The Balaban J connectivity index is 2.27. The van der Waals surface area contributed by atoms with Crippen LogP contribution < -0.4 is 5.73 Å². The molecule has 0 aliphatic heterocycles. The number of hydrogen-bond acceptors (Lipinski definition) is 3. The summed E-state index contributed by atoms with van der Waals surface area (Å²) in [4.78, 5) is 2.29. The largest absolute Gasteiger partial charge is 0.465 e. The summed E-state index contributed by atoms with van der Waals surface area (Å²) in [6, 6.07) is 4.06. The van der Waals surface area contributed by atoms with Crippen molar-refractivity contribution in [1.82, 2.24) is 4.90 Å². The summed E-state index contributed by atoms with van der Waals surface area (Å²) < 4.78 is 5.55. The number of aryl methyl sites for hydroxylation is 1. The van der Waals surface area contributed by atoms with Gasteiger partial charge in [0, 0.05) is 0 Å². The lowest BCUT2D eigenvalue weighted by Gasteiger charge is -2.18. The van der Waals surface area contributed by atoms with Gasteiger partial charge in [-0.3, -0.25) is 4.90 Å². The molecule has 0 spiro atoms. The highest BCUT2D eigenvalue weighted by atomic mass is 16.3. The fourth-order valence-electron chi connectivity index (χ4n) is 1.81. The van der Waals surface area contributed by atoms with Gasteiger partial charge in [-0.2, -0.15) is 0 Å². The van der Waals surface area contributed by atoms with Crippen LogP contribution in [-0.2, 0) is 6.54 Å². The van der Waals surface area contributed by atoms with Gasteiger partial charge >= 0.3 is 0 Å². The summed E-state index contributed by atoms with van der Waals surface area (Å²) in [6.45, 7) is 6.94. The molecule has 0 saturated heterocycles. The number of nitrogens with two attached hydrogens (primary N) is 1. The van der Waals surface area contributed by atoms with Crippen LogP contribution in [0.3, 0.4) is 0 Å². The molecule has 1 aromatic rings. The third-order valence-corrected chi connectivity index (χ3v) is 3.05. The first-order valence-electron chi connectivity index (χ1n) is 6.09. The van der Waals surface area contributed by atoms with E-state index in [4.69, 9.17) is 10.2 Å². The second-order valence-electron chi connectivity index (χ2n) is 4.55. The van der Waals surface area contributed by atoms with Gasteiger partial charge in [0.15, 0.2) is 0 Å². The van der Waals surface area contributed by atoms with Crippen molar-refractivity contribution >= 4 is 0 Å². The molecular formula is C13H24N2O. The van der Waals surface area contributed by atoms with Crippen LogP contribution in [0.4, 0.5) is 0 Å². The summed E-state index contributed by atoms with van der Waals surface area (Å²) in [7, 11) is 2.13. The first-order valence-corrected chi connectivity index (χ1v) is 6.09. The lowest BCUT2D eigenvalue weighted by atomic mass is 10.0. The van der Waals surface area contributed by atoms with E-state index in [2.05, 4.69) is 18.9 Å². The predicted octanol–water partition coefficient (Wildman–Crippen LogP) is 2.39. The van der Waals surface area contributed by atoms with Gasteiger partial charge in [0.1, 0.15) is 11.5 Å². The standard InChI is InChI=1S/C13H24N2O/c1-4-12(9-14)7-8-15(3)10-13-6-5-11(2)16-13/h5-6,12H,4,7-10,14H2,1-3H3. The van der Waals surface area contributed by atoms with Gasteiger partial charge < -0.3 is 10.2 Å². The summed E-state index contributed by atoms with van der Waals surface area (Å²) in [5.74, 6) is 2.68. The van der Waals surface area contributed by atoms with Gasteiger partial charge in [0.2, 0.25) is 0 Å². The summed E-state index contributed by atoms with van der Waals surface area (Å²) >= 11 is 0. The Morgan fingerprint density at radius 3 is 2.69 bits per heavy atom. The second-order valence-corrected chi connectivity index (χ2v) is 4.55. The Morgan fingerprint density at radius 1 is 1.44 bits per heavy atom. The fraction of sp³-hybridized carbons (Fsp3) is 0.692. The second kappa shape index (κ2) is 6.71. The van der Waals surface area contributed by atoms with E-state index in [1.165, 1.54) is 12.8 Å². The molecule has 0 aliphatic rings. The molecule has 92 valence electrons. The van der Waals surface area contributed by atoms with E-state index in [1.807, 2.05) is 19.1 Å². The van der Waals surface area contributed by atoms with Gasteiger partial charge in [-0.05, 0) is 51.5 Å². The van der Waals surface area contributed by atoms with Crippen molar-refractivity contribution in [2.75, 3.05) is 20.1 Å². The molecule has 0 bridgehead atoms. The van der Waals surface area contributed by atoms with Crippen LogP contribution in [0.1, 0.15) is 31.3 Å². The molecule has 1 heterocycles. The molecule has 16 heavy (non-hydrogen) atoms. The van der Waals surface area contributed by atoms with Crippen LogP contribution in [-0.4, -0.2) is 25.0 Å². The lowest BCUT2D eigenvalue weighted by molar-refractivity contribution is 0.268. The zero-order valence-corrected chi connectivity index (χ0v) is 10.7. The van der Waals surface area contributed by atoms with Crippen molar-refractivity contribution in [2.24, 2.45) is 11.7 Å². The topological polar surface area (TPSA) is 42.4 Å². The molecule has 1 aromatic heterocycles. The summed E-state index contributed by atoms with van der Waals surface area (Å²) in [5, 5.41) is 0. The van der Waals surface area contributed by atoms with Crippen molar-refractivity contribution in [2.45, 2.75) is 33.2 Å². The first kappa shape index (κ1) is 13.3. The van der Waals surface area contributed by atoms with E-state index in [9.17, 15) is 0 Å². The average Bonchev–Trinajstić information content (AvgIpc) is 2.65. The van der Waals surface area contributed by atoms with Gasteiger partial charge in [-0.1, -0.05) is 13.3 Å². The fourth-order valence-corrected chi connectivity index (χ4v) is 1.81. The summed E-state index contributed by atoms with van der Waals surface area (Å²) in [6.07, 6.45) is 2.34. The molecule has 0 aliphatic carbocycles. The molecule has 0 amide bonds. The lowest BCUT2D eigenvalue weighted by Crippen LogP contribution is -2.23. The molecular weight excluding hydrogens is 200 g/mol. The molecule has 1 atom stereocenters. The third kappa shape index (κ3) is 4.37. The van der Waals surface area contributed by atoms with E-state index < -0.39 is 0 Å². The number of furan rings is 1. The minimum absolute atomic E-state index is 0.654. The highest BCUT2D eigenvalue weighted by molar-refractivity contribution is 5.05. The molecule has 0 fully saturated rings. The minimum atomic E-state index is 0.654. The molecule has 3 heteroatoms. The van der Waals surface area contributed by atoms with Gasteiger partial charge in [-0.15, -0.1) is 0 Å². The van der Waals surface area contributed by atoms with E-state index in [-0.39, 0.29) is 0 Å². The molecule has 3 nitrogen and oxygen atoms in total. The van der Waals surface area contributed by atoms with Crippen LogP contribution in [0.2, 0.25) is 0 Å². The van der Waals surface area contributed by atoms with Crippen LogP contribution in [0.25, 0.3) is 0 Å². The van der Waals surface area contributed by atoms with Crippen LogP contribution >= 0.6 is 0 Å². The van der Waals surface area contributed by atoms with Crippen LogP contribution in [0.5, 0.6) is 0 Å². The van der Waals surface area contributed by atoms with Crippen molar-refractivity contribution in [3.63, 3.8) is 0 Å². The Kier molecular flexibility index (Phi) is 5.56. The van der Waals surface area contributed by atoms with E-state index in [1.54, 1.807) is 0 Å². The van der Waals surface area contributed by atoms with Gasteiger partial charge in [-0.25, -0.2) is 0 Å². The Morgan fingerprint density at radius 2 is 2.19 bits per heavy atom. The van der Waals surface area contributed by atoms with Crippen LogP contribution in [0.15, 0.2) is 16.5 Å². The molecule has 2 N–H and O–H groups in total. The van der Waals surface area contributed by atoms with Gasteiger partial charge in [0.05, 0.1) is 6.54 Å². The molecule has 0 saturated carbocycles. The Labute approximate surface area is 98.6 Å². The van der Waals surface area contributed by atoms with Crippen molar-refractivity contribution in [3.8, 4) is 0 Å². The maximum atomic E-state index is 5.69. The Hall–Kier alpha value is -0.800. The molecule has 0 aromatic carbocycles. The van der Waals surface area contributed by atoms with E-state index in [0.717, 1.165) is 31.2 Å². The maximum absolute atomic E-state index is 5.69. The quantitative estimate of drug-likeness (QED) is 0.773. The highest BCUT2D eigenvalue weighted by Gasteiger charge is 2.07. The third-order valence-electron chi connectivity index (χ3n) is 3.05. The zero-order valence-electron chi connectivity index (χ0n) is 10.7. The van der Waals surface area contributed by atoms with Gasteiger partial charge in [0.25, 0.3) is 0 Å². The maximum Gasteiger partial charge on any atom is 0.118 e. The average molecular weight is 224 g/mol. The van der Waals surface area contributed by atoms with Crippen molar-refractivity contribution in [3.05, 3.63) is 23.7 Å². The number of nitrogens with zero attached hydrogens (tertiary/aromatic N) is 1. The predicted molar refractivity (Wildman–Crippen MR) is 67.2 cm³/mol. The highest BCUT2D eigenvalue weighted by Crippen LogP contribution is 2.11.